The Kier molecular flexibility index (Phi) is 6.12. The van der Waals surface area contributed by atoms with Crippen LogP contribution in [0.15, 0.2) is 36.4 Å². The molecule has 1 aliphatic heterocycles. The summed E-state index contributed by atoms with van der Waals surface area (Å²) >= 11 is 1.43. The van der Waals surface area contributed by atoms with Gasteiger partial charge in [-0.15, -0.1) is 11.3 Å². The van der Waals surface area contributed by atoms with Gasteiger partial charge in [-0.1, -0.05) is 30.3 Å². The summed E-state index contributed by atoms with van der Waals surface area (Å²) in [5.74, 6) is -0.373. The van der Waals surface area contributed by atoms with Gasteiger partial charge < -0.3 is 15.0 Å². The number of thiophene rings is 1. The van der Waals surface area contributed by atoms with Gasteiger partial charge in [-0.3, -0.25) is 14.3 Å². The Morgan fingerprint density at radius 3 is 2.51 bits per heavy atom. The molecule has 4 heterocycles. The van der Waals surface area contributed by atoms with Gasteiger partial charge in [0, 0.05) is 30.7 Å². The minimum Gasteiger partial charge on any atom is -0.378 e. The van der Waals surface area contributed by atoms with Gasteiger partial charge in [0.25, 0.3) is 11.8 Å². The fraction of sp³-hybridized carbons (Fsp3) is 0.308. The summed E-state index contributed by atoms with van der Waals surface area (Å²) in [7, 11) is 1.82. The zero-order chi connectivity index (χ0) is 24.7. The van der Waals surface area contributed by atoms with Crippen LogP contribution in [-0.2, 0) is 11.8 Å². The Balaban J connectivity index is 1.59. The number of aryl methyl sites for hydroxylation is 3. The van der Waals surface area contributed by atoms with Crippen molar-refractivity contribution in [3.63, 3.8) is 0 Å². The molecule has 8 nitrogen and oxygen atoms in total. The number of aromatic nitrogens is 3. The molecule has 1 saturated heterocycles. The number of morpholine rings is 1. The third-order valence-corrected chi connectivity index (χ3v) is 7.52. The minimum atomic E-state index is -0.284. The molecule has 35 heavy (non-hydrogen) atoms. The predicted molar refractivity (Wildman–Crippen MR) is 137 cm³/mol. The molecule has 2 amide bonds. The number of fused-ring (bicyclic) bond motifs is 1. The molecule has 0 radical (unpaired) electrons. The van der Waals surface area contributed by atoms with Gasteiger partial charge in [0.05, 0.1) is 35.4 Å². The summed E-state index contributed by atoms with van der Waals surface area (Å²) in [6.45, 7) is 7.75. The fourth-order valence-corrected chi connectivity index (χ4v) is 5.77. The minimum absolute atomic E-state index is 0.0897. The molecular formula is C26H27N5O3S. The Bertz CT molecular complexity index is 1430. The van der Waals surface area contributed by atoms with E-state index in [0.717, 1.165) is 27.4 Å². The van der Waals surface area contributed by atoms with E-state index in [4.69, 9.17) is 4.74 Å². The normalized spacial score (nSPS) is 13.9. The highest BCUT2D eigenvalue weighted by Crippen LogP contribution is 2.41. The fourth-order valence-electron chi connectivity index (χ4n) is 4.57. The van der Waals surface area contributed by atoms with Crippen LogP contribution < -0.4 is 5.32 Å². The molecule has 5 rings (SSSR count). The average molecular weight is 490 g/mol. The molecule has 0 saturated carbocycles. The van der Waals surface area contributed by atoms with E-state index in [1.807, 2.05) is 58.2 Å². The molecule has 1 N–H and O–H groups in total. The Hall–Kier alpha value is -3.56. The highest BCUT2D eigenvalue weighted by atomic mass is 32.1. The van der Waals surface area contributed by atoms with Gasteiger partial charge in [-0.2, -0.15) is 5.10 Å². The van der Waals surface area contributed by atoms with Crippen molar-refractivity contribution in [1.82, 2.24) is 19.7 Å². The molecule has 0 unspecified atom stereocenters. The van der Waals surface area contributed by atoms with Crippen molar-refractivity contribution in [2.45, 2.75) is 20.8 Å². The number of anilines is 1. The number of nitrogens with one attached hydrogen (secondary N) is 1. The van der Waals surface area contributed by atoms with Crippen LogP contribution >= 0.6 is 11.3 Å². The molecule has 4 aromatic rings. The first-order valence-electron chi connectivity index (χ1n) is 11.5. The lowest BCUT2D eigenvalue weighted by Crippen LogP contribution is -2.41. The average Bonchev–Trinajstić information content (AvgIpc) is 3.34. The largest absolute Gasteiger partial charge is 0.378 e. The highest BCUT2D eigenvalue weighted by Gasteiger charge is 2.29. The maximum absolute atomic E-state index is 13.6. The Labute approximate surface area is 207 Å². The lowest BCUT2D eigenvalue weighted by atomic mass is 10.0. The van der Waals surface area contributed by atoms with Crippen molar-refractivity contribution in [2.75, 3.05) is 31.6 Å². The zero-order valence-electron chi connectivity index (χ0n) is 20.2. The molecule has 1 fully saturated rings. The molecule has 0 aliphatic carbocycles. The third-order valence-electron chi connectivity index (χ3n) is 6.26. The van der Waals surface area contributed by atoms with E-state index in [9.17, 15) is 9.59 Å². The van der Waals surface area contributed by atoms with E-state index >= 15 is 0 Å². The standard InChI is InChI=1S/C26H27N5O3S/c1-15-14-19(21-17(3)29-30(4)23(21)27-15)24(32)28-25-20(26(33)31-10-12-34-13-11-31)16(2)22(35-25)18-8-6-5-7-9-18/h5-9,14H,10-13H2,1-4H3,(H,28,32). The van der Waals surface area contributed by atoms with E-state index in [0.29, 0.717) is 53.5 Å². The highest BCUT2D eigenvalue weighted by molar-refractivity contribution is 7.20. The second-order valence-corrected chi connectivity index (χ2v) is 9.72. The summed E-state index contributed by atoms with van der Waals surface area (Å²) in [4.78, 5) is 34.6. The second kappa shape index (κ2) is 9.24. The Morgan fingerprint density at radius 1 is 1.09 bits per heavy atom. The number of nitrogens with zero attached hydrogens (tertiary/aromatic N) is 4. The number of amides is 2. The number of rotatable bonds is 4. The lowest BCUT2D eigenvalue weighted by molar-refractivity contribution is 0.0303. The van der Waals surface area contributed by atoms with Gasteiger partial charge in [0.2, 0.25) is 0 Å². The number of hydrogen-bond acceptors (Lipinski definition) is 6. The van der Waals surface area contributed by atoms with Crippen LogP contribution in [0.25, 0.3) is 21.5 Å². The summed E-state index contributed by atoms with van der Waals surface area (Å²) in [6, 6.07) is 11.7. The molecule has 0 bridgehead atoms. The third kappa shape index (κ3) is 4.21. The number of hydrogen-bond donors (Lipinski definition) is 1. The predicted octanol–water partition coefficient (Wildman–Crippen LogP) is 4.35. The van der Waals surface area contributed by atoms with Crippen LogP contribution in [0.2, 0.25) is 0 Å². The van der Waals surface area contributed by atoms with Crippen LogP contribution in [-0.4, -0.2) is 57.8 Å². The molecule has 0 spiro atoms. The smallest absolute Gasteiger partial charge is 0.257 e. The summed E-state index contributed by atoms with van der Waals surface area (Å²) in [6.07, 6.45) is 0. The second-order valence-electron chi connectivity index (χ2n) is 8.70. The van der Waals surface area contributed by atoms with Crippen LogP contribution in [0.5, 0.6) is 0 Å². The van der Waals surface area contributed by atoms with Gasteiger partial charge >= 0.3 is 0 Å². The molecule has 3 aromatic heterocycles. The lowest BCUT2D eigenvalue weighted by Gasteiger charge is -2.27. The van der Waals surface area contributed by atoms with Crippen molar-refractivity contribution >= 4 is 39.2 Å². The SMILES string of the molecule is Cc1cc(C(=O)Nc2sc(-c3ccccc3)c(C)c2C(=O)N2CCOCC2)c2c(C)nn(C)c2n1. The molecule has 180 valence electrons. The summed E-state index contributed by atoms with van der Waals surface area (Å²) in [5, 5.41) is 8.78. The summed E-state index contributed by atoms with van der Waals surface area (Å²) in [5.41, 5.74) is 5.02. The topological polar surface area (TPSA) is 89.4 Å². The van der Waals surface area contributed by atoms with Crippen LogP contribution in [0.4, 0.5) is 5.00 Å². The molecule has 1 aliphatic rings. The maximum atomic E-state index is 13.6. The van der Waals surface area contributed by atoms with Gasteiger partial charge in [0.15, 0.2) is 5.65 Å². The monoisotopic (exact) mass is 489 g/mol. The number of benzene rings is 1. The van der Waals surface area contributed by atoms with E-state index in [-0.39, 0.29) is 11.8 Å². The maximum Gasteiger partial charge on any atom is 0.257 e. The van der Waals surface area contributed by atoms with Crippen molar-refractivity contribution in [3.8, 4) is 10.4 Å². The number of ether oxygens (including phenoxy) is 1. The van der Waals surface area contributed by atoms with Crippen molar-refractivity contribution in [2.24, 2.45) is 7.05 Å². The molecule has 1 aromatic carbocycles. The summed E-state index contributed by atoms with van der Waals surface area (Å²) < 4.78 is 7.12. The first kappa shape index (κ1) is 23.2. The molecule has 9 heteroatoms. The first-order valence-corrected chi connectivity index (χ1v) is 12.3. The van der Waals surface area contributed by atoms with Crippen molar-refractivity contribution in [3.05, 3.63) is 64.5 Å². The number of carbonyl (C=O) groups excluding carboxylic acids is 2. The van der Waals surface area contributed by atoms with Crippen LogP contribution in [0.3, 0.4) is 0 Å². The van der Waals surface area contributed by atoms with E-state index in [1.165, 1.54) is 11.3 Å². The van der Waals surface area contributed by atoms with E-state index in [2.05, 4.69) is 15.4 Å². The van der Waals surface area contributed by atoms with Crippen molar-refractivity contribution < 1.29 is 14.3 Å². The van der Waals surface area contributed by atoms with E-state index in [1.54, 1.807) is 15.6 Å². The number of carbonyl (C=O) groups is 2. The Morgan fingerprint density at radius 2 is 1.80 bits per heavy atom. The van der Waals surface area contributed by atoms with Gasteiger partial charge in [-0.25, -0.2) is 4.98 Å². The van der Waals surface area contributed by atoms with Gasteiger partial charge in [-0.05, 0) is 38.0 Å². The van der Waals surface area contributed by atoms with Crippen LogP contribution in [0.1, 0.15) is 37.7 Å². The van der Waals surface area contributed by atoms with Crippen molar-refractivity contribution in [1.29, 1.82) is 0 Å². The first-order chi connectivity index (χ1) is 16.8. The molecule has 0 atom stereocenters. The molecular weight excluding hydrogens is 462 g/mol. The quantitative estimate of drug-likeness (QED) is 0.460. The van der Waals surface area contributed by atoms with Crippen LogP contribution in [0, 0.1) is 20.8 Å². The van der Waals surface area contributed by atoms with Gasteiger partial charge in [0.1, 0.15) is 5.00 Å². The zero-order valence-corrected chi connectivity index (χ0v) is 21.0. The van der Waals surface area contributed by atoms with E-state index < -0.39 is 0 Å². The number of pyridine rings is 1.